The Kier molecular flexibility index (Phi) is 7.72. The Hall–Kier alpha value is -1.77. The molecule has 0 aromatic carbocycles. The average Bonchev–Trinajstić information content (AvgIpc) is 2.48. The van der Waals surface area contributed by atoms with Crippen LogP contribution < -0.4 is 10.1 Å². The van der Waals surface area contributed by atoms with Crippen LogP contribution in [0, 0.1) is 17.8 Å². The van der Waals surface area contributed by atoms with Gasteiger partial charge in [-0.15, -0.1) is 0 Å². The zero-order valence-corrected chi connectivity index (χ0v) is 14.0. The standard InChI is InChI=1S/C16H21ClN2O3/c1-5-14(22-13-8-12(17)9-18-10-13)16(20)19-15(21-4)7-6-11(2)3/h8-11,14-15H,5H2,1-4H3,(H,19,20). The SMILES string of the molecule is CCC(Oc1cncc(Cl)c1)C(=O)NC(C#CC(C)C)OC. The van der Waals surface area contributed by atoms with Crippen molar-refractivity contribution in [2.45, 2.75) is 39.5 Å². The third-order valence-electron chi connectivity index (χ3n) is 2.63. The Morgan fingerprint density at radius 1 is 1.41 bits per heavy atom. The van der Waals surface area contributed by atoms with E-state index in [9.17, 15) is 4.79 Å². The van der Waals surface area contributed by atoms with Crippen molar-refractivity contribution in [1.29, 1.82) is 0 Å². The molecule has 5 nitrogen and oxygen atoms in total. The van der Waals surface area contributed by atoms with Crippen LogP contribution in [-0.4, -0.2) is 30.3 Å². The lowest BCUT2D eigenvalue weighted by Gasteiger charge is -2.19. The van der Waals surface area contributed by atoms with Crippen LogP contribution in [0.3, 0.4) is 0 Å². The summed E-state index contributed by atoms with van der Waals surface area (Å²) in [6.07, 6.45) is 2.17. The summed E-state index contributed by atoms with van der Waals surface area (Å²) in [6, 6.07) is 1.61. The maximum Gasteiger partial charge on any atom is 0.263 e. The number of amides is 1. The van der Waals surface area contributed by atoms with E-state index in [1.54, 1.807) is 6.07 Å². The van der Waals surface area contributed by atoms with Gasteiger partial charge in [-0.25, -0.2) is 0 Å². The van der Waals surface area contributed by atoms with E-state index in [0.29, 0.717) is 17.2 Å². The summed E-state index contributed by atoms with van der Waals surface area (Å²) in [5.74, 6) is 6.16. The third kappa shape index (κ3) is 6.33. The van der Waals surface area contributed by atoms with Crippen molar-refractivity contribution in [3.05, 3.63) is 23.5 Å². The number of halogens is 1. The quantitative estimate of drug-likeness (QED) is 0.645. The molecular formula is C16H21ClN2O3. The average molecular weight is 325 g/mol. The molecule has 2 unspecified atom stereocenters. The third-order valence-corrected chi connectivity index (χ3v) is 2.84. The fourth-order valence-electron chi connectivity index (χ4n) is 1.56. The van der Waals surface area contributed by atoms with Gasteiger partial charge in [0.05, 0.1) is 11.2 Å². The minimum atomic E-state index is -0.668. The molecule has 0 aliphatic heterocycles. The van der Waals surface area contributed by atoms with Gasteiger partial charge in [0.1, 0.15) is 5.75 Å². The second kappa shape index (κ2) is 9.29. The molecule has 0 saturated heterocycles. The van der Waals surface area contributed by atoms with Gasteiger partial charge in [-0.1, -0.05) is 38.3 Å². The molecule has 1 aromatic heterocycles. The van der Waals surface area contributed by atoms with Crippen molar-refractivity contribution >= 4 is 17.5 Å². The summed E-state index contributed by atoms with van der Waals surface area (Å²) in [5, 5.41) is 3.14. The molecule has 6 heteroatoms. The number of methoxy groups -OCH3 is 1. The van der Waals surface area contributed by atoms with Gasteiger partial charge in [-0.3, -0.25) is 9.78 Å². The zero-order chi connectivity index (χ0) is 16.5. The van der Waals surface area contributed by atoms with Gasteiger partial charge >= 0.3 is 0 Å². The minimum absolute atomic E-state index is 0.199. The first-order valence-corrected chi connectivity index (χ1v) is 7.45. The van der Waals surface area contributed by atoms with E-state index in [1.165, 1.54) is 19.5 Å². The second-order valence-electron chi connectivity index (χ2n) is 4.92. The van der Waals surface area contributed by atoms with E-state index in [1.807, 2.05) is 20.8 Å². The normalized spacial score (nSPS) is 13.0. The molecular weight excluding hydrogens is 304 g/mol. The highest BCUT2D eigenvalue weighted by Crippen LogP contribution is 2.17. The summed E-state index contributed by atoms with van der Waals surface area (Å²) in [6.45, 7) is 5.78. The van der Waals surface area contributed by atoms with Crippen LogP contribution in [0.1, 0.15) is 27.2 Å². The Balaban J connectivity index is 2.70. The fraction of sp³-hybridized carbons (Fsp3) is 0.500. The van der Waals surface area contributed by atoms with Crippen molar-refractivity contribution in [2.24, 2.45) is 5.92 Å². The largest absolute Gasteiger partial charge is 0.479 e. The lowest BCUT2D eigenvalue weighted by molar-refractivity contribution is -0.130. The molecule has 0 spiro atoms. The first-order chi connectivity index (χ1) is 10.5. The molecule has 0 aliphatic carbocycles. The Morgan fingerprint density at radius 3 is 2.68 bits per heavy atom. The molecule has 1 amide bonds. The topological polar surface area (TPSA) is 60.5 Å². The van der Waals surface area contributed by atoms with Crippen LogP contribution in [-0.2, 0) is 9.53 Å². The molecule has 2 atom stereocenters. The van der Waals surface area contributed by atoms with Crippen molar-refractivity contribution in [1.82, 2.24) is 10.3 Å². The van der Waals surface area contributed by atoms with Crippen LogP contribution >= 0.6 is 11.6 Å². The number of hydrogen-bond acceptors (Lipinski definition) is 4. The first-order valence-electron chi connectivity index (χ1n) is 7.07. The fourth-order valence-corrected chi connectivity index (χ4v) is 1.73. The molecule has 0 radical (unpaired) electrons. The van der Waals surface area contributed by atoms with Crippen LogP contribution in [0.2, 0.25) is 5.02 Å². The summed E-state index contributed by atoms with van der Waals surface area (Å²) in [7, 11) is 1.49. The summed E-state index contributed by atoms with van der Waals surface area (Å²) in [5.41, 5.74) is 0. The van der Waals surface area contributed by atoms with Gasteiger partial charge in [0, 0.05) is 25.3 Å². The van der Waals surface area contributed by atoms with E-state index < -0.39 is 12.3 Å². The Labute approximate surface area is 136 Å². The molecule has 0 fully saturated rings. The van der Waals surface area contributed by atoms with Crippen molar-refractivity contribution in [3.8, 4) is 17.6 Å². The van der Waals surface area contributed by atoms with Gasteiger partial charge in [0.25, 0.3) is 5.91 Å². The van der Waals surface area contributed by atoms with Crippen LogP contribution in [0.25, 0.3) is 0 Å². The summed E-state index contributed by atoms with van der Waals surface area (Å²) >= 11 is 5.85. The van der Waals surface area contributed by atoms with Crippen molar-refractivity contribution < 1.29 is 14.3 Å². The van der Waals surface area contributed by atoms with Gasteiger partial charge in [-0.05, 0) is 12.3 Å². The predicted molar refractivity (Wildman–Crippen MR) is 85.5 cm³/mol. The monoisotopic (exact) mass is 324 g/mol. The molecule has 1 heterocycles. The van der Waals surface area contributed by atoms with Crippen LogP contribution in [0.15, 0.2) is 18.5 Å². The molecule has 1 N–H and O–H groups in total. The minimum Gasteiger partial charge on any atom is -0.479 e. The van der Waals surface area contributed by atoms with Crippen molar-refractivity contribution in [3.63, 3.8) is 0 Å². The highest BCUT2D eigenvalue weighted by Gasteiger charge is 2.21. The number of carbonyl (C=O) groups is 1. The molecule has 22 heavy (non-hydrogen) atoms. The highest BCUT2D eigenvalue weighted by molar-refractivity contribution is 6.30. The summed E-state index contributed by atoms with van der Waals surface area (Å²) in [4.78, 5) is 16.2. The Morgan fingerprint density at radius 2 is 2.14 bits per heavy atom. The van der Waals surface area contributed by atoms with E-state index in [4.69, 9.17) is 21.1 Å². The molecule has 0 bridgehead atoms. The van der Waals surface area contributed by atoms with E-state index in [-0.39, 0.29) is 11.8 Å². The highest BCUT2D eigenvalue weighted by atomic mass is 35.5. The zero-order valence-electron chi connectivity index (χ0n) is 13.2. The smallest absolute Gasteiger partial charge is 0.263 e. The molecule has 120 valence electrons. The number of aromatic nitrogens is 1. The van der Waals surface area contributed by atoms with Gasteiger partial charge in [0.15, 0.2) is 12.3 Å². The number of nitrogens with one attached hydrogen (secondary N) is 1. The van der Waals surface area contributed by atoms with E-state index in [0.717, 1.165) is 0 Å². The van der Waals surface area contributed by atoms with Gasteiger partial charge in [0.2, 0.25) is 0 Å². The first kappa shape index (κ1) is 18.3. The number of nitrogens with zero attached hydrogens (tertiary/aromatic N) is 1. The lowest BCUT2D eigenvalue weighted by atomic mass is 10.2. The molecule has 0 saturated carbocycles. The molecule has 0 aliphatic rings. The predicted octanol–water partition coefficient (Wildman–Crippen LogP) is 2.64. The van der Waals surface area contributed by atoms with Crippen LogP contribution in [0.5, 0.6) is 5.75 Å². The van der Waals surface area contributed by atoms with Gasteiger partial charge in [-0.2, -0.15) is 0 Å². The van der Waals surface area contributed by atoms with Crippen LogP contribution in [0.4, 0.5) is 0 Å². The number of ether oxygens (including phenoxy) is 2. The number of carbonyl (C=O) groups excluding carboxylic acids is 1. The molecule has 1 aromatic rings. The van der Waals surface area contributed by atoms with E-state index in [2.05, 4.69) is 22.1 Å². The maximum atomic E-state index is 12.2. The summed E-state index contributed by atoms with van der Waals surface area (Å²) < 4.78 is 10.8. The second-order valence-corrected chi connectivity index (χ2v) is 5.36. The van der Waals surface area contributed by atoms with Gasteiger partial charge < -0.3 is 14.8 Å². The maximum absolute atomic E-state index is 12.2. The van der Waals surface area contributed by atoms with E-state index >= 15 is 0 Å². The molecule has 1 rings (SSSR count). The number of hydrogen-bond donors (Lipinski definition) is 1. The van der Waals surface area contributed by atoms with Crippen molar-refractivity contribution in [2.75, 3.05) is 7.11 Å². The Bertz CT molecular complexity index is 552. The lowest BCUT2D eigenvalue weighted by Crippen LogP contribution is -2.43. The number of rotatable bonds is 6. The number of pyridine rings is 1.